The van der Waals surface area contributed by atoms with Crippen LogP contribution in [0, 0.1) is 5.41 Å². The standard InChI is InChI=1S/C20H40N6O.HI/c1-6-25-11-13-26(14-12-25)17(2)15-22-19(21-3)23-16-20(9-7-8-10-20)18(27)24(4)5;/h17H,6-16H2,1-5H3,(H2,21,22,23);1H. The molecule has 1 aliphatic carbocycles. The topological polar surface area (TPSA) is 63.2 Å². The van der Waals surface area contributed by atoms with Crippen molar-refractivity contribution in [1.29, 1.82) is 0 Å². The van der Waals surface area contributed by atoms with Crippen LogP contribution >= 0.6 is 24.0 Å². The number of rotatable bonds is 7. The Morgan fingerprint density at radius 1 is 1.14 bits per heavy atom. The lowest BCUT2D eigenvalue weighted by Crippen LogP contribution is -2.54. The van der Waals surface area contributed by atoms with Crippen LogP contribution in [0.25, 0.3) is 0 Å². The van der Waals surface area contributed by atoms with E-state index in [1.165, 1.54) is 0 Å². The summed E-state index contributed by atoms with van der Waals surface area (Å²) >= 11 is 0. The molecule has 164 valence electrons. The van der Waals surface area contributed by atoms with Gasteiger partial charge in [-0.05, 0) is 26.3 Å². The summed E-state index contributed by atoms with van der Waals surface area (Å²) < 4.78 is 0. The van der Waals surface area contributed by atoms with Crippen LogP contribution in [0.3, 0.4) is 0 Å². The van der Waals surface area contributed by atoms with E-state index in [9.17, 15) is 4.79 Å². The number of nitrogens with one attached hydrogen (secondary N) is 2. The molecule has 0 aromatic carbocycles. The smallest absolute Gasteiger partial charge is 0.230 e. The molecule has 1 aliphatic heterocycles. The van der Waals surface area contributed by atoms with Gasteiger partial charge >= 0.3 is 0 Å². The van der Waals surface area contributed by atoms with E-state index in [0.29, 0.717) is 12.6 Å². The highest BCUT2D eigenvalue weighted by Gasteiger charge is 2.42. The highest BCUT2D eigenvalue weighted by atomic mass is 127. The third-order valence-corrected chi connectivity index (χ3v) is 6.28. The zero-order chi connectivity index (χ0) is 19.9. The van der Waals surface area contributed by atoms with E-state index < -0.39 is 0 Å². The lowest BCUT2D eigenvalue weighted by Gasteiger charge is -2.38. The molecule has 28 heavy (non-hydrogen) atoms. The van der Waals surface area contributed by atoms with Gasteiger partial charge in [0.25, 0.3) is 0 Å². The van der Waals surface area contributed by atoms with Crippen LogP contribution in [-0.4, -0.2) is 99.6 Å². The quantitative estimate of drug-likeness (QED) is 0.310. The number of hydrogen-bond acceptors (Lipinski definition) is 4. The van der Waals surface area contributed by atoms with Crippen molar-refractivity contribution in [3.05, 3.63) is 0 Å². The molecule has 0 aromatic heterocycles. The average Bonchev–Trinajstić information content (AvgIpc) is 3.17. The van der Waals surface area contributed by atoms with Gasteiger partial charge in [0.1, 0.15) is 0 Å². The van der Waals surface area contributed by atoms with Crippen molar-refractivity contribution in [3.63, 3.8) is 0 Å². The minimum absolute atomic E-state index is 0. The maximum atomic E-state index is 12.7. The van der Waals surface area contributed by atoms with E-state index in [0.717, 1.165) is 70.9 Å². The highest BCUT2D eigenvalue weighted by molar-refractivity contribution is 14.0. The molecule has 2 N–H and O–H groups in total. The number of halogens is 1. The number of guanidine groups is 1. The number of carbonyl (C=O) groups excluding carboxylic acids is 1. The van der Waals surface area contributed by atoms with Gasteiger partial charge in [0.05, 0.1) is 5.41 Å². The number of hydrogen-bond donors (Lipinski definition) is 2. The Morgan fingerprint density at radius 3 is 2.25 bits per heavy atom. The van der Waals surface area contributed by atoms with Crippen LogP contribution in [0.4, 0.5) is 0 Å². The third kappa shape index (κ3) is 6.73. The summed E-state index contributed by atoms with van der Waals surface area (Å²) in [5, 5.41) is 6.89. The first-order valence-corrected chi connectivity index (χ1v) is 10.5. The summed E-state index contributed by atoms with van der Waals surface area (Å²) in [6.07, 6.45) is 4.19. The number of piperazine rings is 1. The molecule has 1 heterocycles. The number of amides is 1. The SMILES string of the molecule is CCN1CCN(C(C)CNC(=NC)NCC2(C(=O)N(C)C)CCCC2)CC1.I. The van der Waals surface area contributed by atoms with Gasteiger partial charge in [-0.3, -0.25) is 14.7 Å². The fourth-order valence-electron chi connectivity index (χ4n) is 4.36. The van der Waals surface area contributed by atoms with E-state index in [2.05, 4.69) is 39.3 Å². The largest absolute Gasteiger partial charge is 0.355 e. The van der Waals surface area contributed by atoms with Crippen molar-refractivity contribution in [3.8, 4) is 0 Å². The molecule has 2 rings (SSSR count). The van der Waals surface area contributed by atoms with E-state index in [4.69, 9.17) is 0 Å². The van der Waals surface area contributed by atoms with E-state index in [-0.39, 0.29) is 35.3 Å². The van der Waals surface area contributed by atoms with E-state index in [1.807, 2.05) is 14.1 Å². The Morgan fingerprint density at radius 2 is 1.75 bits per heavy atom. The maximum absolute atomic E-state index is 12.7. The fourth-order valence-corrected chi connectivity index (χ4v) is 4.36. The fraction of sp³-hybridized carbons (Fsp3) is 0.900. The lowest BCUT2D eigenvalue weighted by atomic mass is 9.84. The zero-order valence-electron chi connectivity index (χ0n) is 18.5. The molecule has 7 nitrogen and oxygen atoms in total. The monoisotopic (exact) mass is 508 g/mol. The molecular weight excluding hydrogens is 467 g/mol. The number of likely N-dealkylation sites (N-methyl/N-ethyl adjacent to an activating group) is 1. The van der Waals surface area contributed by atoms with Crippen molar-refractivity contribution in [1.82, 2.24) is 25.3 Å². The van der Waals surface area contributed by atoms with Gasteiger partial charge in [0.15, 0.2) is 5.96 Å². The Bertz CT molecular complexity index is 499. The first-order chi connectivity index (χ1) is 12.9. The van der Waals surface area contributed by atoms with Crippen LogP contribution in [0.5, 0.6) is 0 Å². The predicted molar refractivity (Wildman–Crippen MR) is 128 cm³/mol. The Hall–Kier alpha value is -0.610. The second-order valence-electron chi connectivity index (χ2n) is 8.31. The number of carbonyl (C=O) groups is 1. The van der Waals surface area contributed by atoms with Crippen molar-refractivity contribution in [2.24, 2.45) is 10.4 Å². The van der Waals surface area contributed by atoms with Gasteiger partial charge in [-0.1, -0.05) is 19.8 Å². The van der Waals surface area contributed by atoms with Crippen LogP contribution in [-0.2, 0) is 4.79 Å². The number of nitrogens with zero attached hydrogens (tertiary/aromatic N) is 4. The van der Waals surface area contributed by atoms with Gasteiger partial charge in [0, 0.05) is 66.5 Å². The molecule has 2 fully saturated rings. The summed E-state index contributed by atoms with van der Waals surface area (Å²) in [6.45, 7) is 11.7. The summed E-state index contributed by atoms with van der Waals surface area (Å²) in [5.74, 6) is 1.04. The molecule has 0 radical (unpaired) electrons. The Kier molecular flexibility index (Phi) is 11.1. The second kappa shape index (κ2) is 12.2. The minimum atomic E-state index is -0.275. The van der Waals surface area contributed by atoms with Gasteiger partial charge in [-0.15, -0.1) is 24.0 Å². The van der Waals surface area contributed by atoms with E-state index >= 15 is 0 Å². The molecule has 0 spiro atoms. The van der Waals surface area contributed by atoms with Crippen LogP contribution in [0.2, 0.25) is 0 Å². The molecule has 1 unspecified atom stereocenters. The van der Waals surface area contributed by atoms with E-state index in [1.54, 1.807) is 11.9 Å². The maximum Gasteiger partial charge on any atom is 0.230 e. The normalized spacial score (nSPS) is 21.7. The summed E-state index contributed by atoms with van der Waals surface area (Å²) in [7, 11) is 5.51. The molecule has 1 saturated heterocycles. The predicted octanol–water partition coefficient (Wildman–Crippen LogP) is 1.44. The third-order valence-electron chi connectivity index (χ3n) is 6.28. The van der Waals surface area contributed by atoms with Gasteiger partial charge in [-0.25, -0.2) is 0 Å². The minimum Gasteiger partial charge on any atom is -0.355 e. The lowest BCUT2D eigenvalue weighted by molar-refractivity contribution is -0.138. The molecule has 1 atom stereocenters. The summed E-state index contributed by atoms with van der Waals surface area (Å²) in [6, 6.07) is 0.464. The van der Waals surface area contributed by atoms with Crippen molar-refractivity contribution < 1.29 is 4.79 Å². The van der Waals surface area contributed by atoms with Crippen LogP contribution in [0.15, 0.2) is 4.99 Å². The van der Waals surface area contributed by atoms with Crippen molar-refractivity contribution in [2.75, 3.05) is 67.0 Å². The Labute approximate surface area is 188 Å². The molecule has 1 amide bonds. The summed E-state index contributed by atoms with van der Waals surface area (Å²) in [4.78, 5) is 23.9. The molecule has 0 bridgehead atoms. The molecule has 2 aliphatic rings. The average molecular weight is 508 g/mol. The highest BCUT2D eigenvalue weighted by Crippen LogP contribution is 2.38. The van der Waals surface area contributed by atoms with Crippen molar-refractivity contribution in [2.45, 2.75) is 45.6 Å². The van der Waals surface area contributed by atoms with Crippen LogP contribution < -0.4 is 10.6 Å². The molecule has 1 saturated carbocycles. The second-order valence-corrected chi connectivity index (χ2v) is 8.31. The van der Waals surface area contributed by atoms with Crippen LogP contribution in [0.1, 0.15) is 39.5 Å². The van der Waals surface area contributed by atoms with Gasteiger partial charge in [-0.2, -0.15) is 0 Å². The van der Waals surface area contributed by atoms with Crippen molar-refractivity contribution >= 4 is 35.8 Å². The molecular formula is C20H41IN6O. The van der Waals surface area contributed by atoms with Gasteiger partial charge in [0.2, 0.25) is 5.91 Å². The molecule has 0 aromatic rings. The zero-order valence-corrected chi connectivity index (χ0v) is 20.8. The van der Waals surface area contributed by atoms with Gasteiger partial charge < -0.3 is 20.4 Å². The first-order valence-electron chi connectivity index (χ1n) is 10.5. The summed E-state index contributed by atoms with van der Waals surface area (Å²) in [5.41, 5.74) is -0.275. The Balaban J connectivity index is 0.00000392. The number of aliphatic imine (C=N–C) groups is 1. The first kappa shape index (κ1) is 25.4. The molecule has 8 heteroatoms.